The molecule has 8 heteroatoms. The van der Waals surface area contributed by atoms with Gasteiger partial charge in [0.05, 0.1) is 11.6 Å². The molecule has 0 amide bonds. The fourth-order valence-corrected chi connectivity index (χ4v) is 1.34. The van der Waals surface area contributed by atoms with Gasteiger partial charge >= 0.3 is 12.1 Å². The molecule has 0 bridgehead atoms. The van der Waals surface area contributed by atoms with E-state index in [1.165, 1.54) is 0 Å². The zero-order chi connectivity index (χ0) is 12.5. The topological polar surface area (TPSA) is 59.2 Å². The minimum Gasteiger partial charge on any atom is -0.465 e. The summed E-state index contributed by atoms with van der Waals surface area (Å²) in [4.78, 5) is 24.3. The number of aromatic nitrogens is 1. The third kappa shape index (κ3) is 2.26. The number of H-pyrrole nitrogens is 1. The molecule has 0 aliphatic rings. The number of methoxy groups -OCH3 is 1. The number of carbonyl (C=O) groups excluding carboxylic acids is 1. The van der Waals surface area contributed by atoms with Crippen LogP contribution in [0.4, 0.5) is 13.2 Å². The van der Waals surface area contributed by atoms with Crippen molar-refractivity contribution < 1.29 is 22.7 Å². The minimum atomic E-state index is -4.83. The maximum atomic E-state index is 12.5. The standard InChI is InChI=1S/C8H5BrF3NO3/c1-16-7(15)4-5(14)3(9)2-13-6(4)8(10,11)12/h2H,1H3,(H,13,14). The molecule has 0 unspecified atom stereocenters. The Bertz CT molecular complexity index is 480. The maximum Gasteiger partial charge on any atom is 0.432 e. The number of hydrogen-bond donors (Lipinski definition) is 1. The van der Waals surface area contributed by atoms with Crippen LogP contribution < -0.4 is 5.43 Å². The molecule has 4 nitrogen and oxygen atoms in total. The summed E-state index contributed by atoms with van der Waals surface area (Å²) in [5, 5.41) is 0. The van der Waals surface area contributed by atoms with Crippen LogP contribution in [0.5, 0.6) is 0 Å². The Morgan fingerprint density at radius 3 is 2.50 bits per heavy atom. The Hall–Kier alpha value is -1.31. The van der Waals surface area contributed by atoms with Crippen molar-refractivity contribution in [1.29, 1.82) is 0 Å². The molecule has 1 N–H and O–H groups in total. The van der Waals surface area contributed by atoms with E-state index in [1.807, 2.05) is 4.98 Å². The first-order valence-corrected chi connectivity index (χ1v) is 4.65. The Morgan fingerprint density at radius 1 is 1.50 bits per heavy atom. The van der Waals surface area contributed by atoms with Crippen LogP contribution in [-0.4, -0.2) is 18.1 Å². The van der Waals surface area contributed by atoms with Gasteiger partial charge in [0.1, 0.15) is 11.3 Å². The van der Waals surface area contributed by atoms with Crippen molar-refractivity contribution in [3.63, 3.8) is 0 Å². The SMILES string of the molecule is COC(=O)c1c(C(F)(F)F)[nH]cc(Br)c1=O. The van der Waals surface area contributed by atoms with Gasteiger partial charge in [0.25, 0.3) is 0 Å². The highest BCUT2D eigenvalue weighted by Gasteiger charge is 2.38. The van der Waals surface area contributed by atoms with E-state index >= 15 is 0 Å². The van der Waals surface area contributed by atoms with Crippen molar-refractivity contribution in [2.75, 3.05) is 7.11 Å². The summed E-state index contributed by atoms with van der Waals surface area (Å²) in [6.45, 7) is 0. The highest BCUT2D eigenvalue weighted by molar-refractivity contribution is 9.10. The first-order valence-electron chi connectivity index (χ1n) is 3.85. The van der Waals surface area contributed by atoms with Crippen LogP contribution in [0.2, 0.25) is 0 Å². The molecule has 0 aromatic carbocycles. The van der Waals surface area contributed by atoms with Gasteiger partial charge in [-0.2, -0.15) is 13.2 Å². The molecule has 0 aliphatic carbocycles. The molecule has 0 aliphatic heterocycles. The van der Waals surface area contributed by atoms with E-state index < -0.39 is 28.8 Å². The molecule has 16 heavy (non-hydrogen) atoms. The average Bonchev–Trinajstić information content (AvgIpc) is 2.19. The molecule has 1 aromatic heterocycles. The lowest BCUT2D eigenvalue weighted by Crippen LogP contribution is -2.25. The molecule has 0 atom stereocenters. The number of ether oxygens (including phenoxy) is 1. The Morgan fingerprint density at radius 2 is 2.06 bits per heavy atom. The quantitative estimate of drug-likeness (QED) is 0.806. The van der Waals surface area contributed by atoms with Crippen molar-refractivity contribution in [2.24, 2.45) is 0 Å². The lowest BCUT2D eigenvalue weighted by molar-refractivity contribution is -0.141. The molecule has 0 radical (unpaired) electrons. The molecule has 1 aromatic rings. The van der Waals surface area contributed by atoms with Crippen LogP contribution in [0.3, 0.4) is 0 Å². The van der Waals surface area contributed by atoms with E-state index in [2.05, 4.69) is 20.7 Å². The van der Waals surface area contributed by atoms with Crippen LogP contribution in [0, 0.1) is 0 Å². The fraction of sp³-hybridized carbons (Fsp3) is 0.250. The molecule has 0 saturated carbocycles. The molecular weight excluding hydrogens is 295 g/mol. The minimum absolute atomic E-state index is 0.180. The second-order valence-corrected chi connectivity index (χ2v) is 3.56. The number of esters is 1. The molecule has 1 rings (SSSR count). The smallest absolute Gasteiger partial charge is 0.432 e. The monoisotopic (exact) mass is 299 g/mol. The van der Waals surface area contributed by atoms with E-state index in [-0.39, 0.29) is 4.47 Å². The summed E-state index contributed by atoms with van der Waals surface area (Å²) in [6.07, 6.45) is -4.01. The van der Waals surface area contributed by atoms with Crippen molar-refractivity contribution in [3.8, 4) is 0 Å². The number of nitrogens with one attached hydrogen (secondary N) is 1. The fourth-order valence-electron chi connectivity index (χ4n) is 1.03. The van der Waals surface area contributed by atoms with Gasteiger partial charge in [-0.25, -0.2) is 4.79 Å². The van der Waals surface area contributed by atoms with E-state index in [0.717, 1.165) is 13.3 Å². The number of aromatic amines is 1. The summed E-state index contributed by atoms with van der Waals surface area (Å²) >= 11 is 2.73. The van der Waals surface area contributed by atoms with E-state index in [4.69, 9.17) is 0 Å². The van der Waals surface area contributed by atoms with Crippen LogP contribution in [0.1, 0.15) is 16.1 Å². The van der Waals surface area contributed by atoms with Gasteiger partial charge in [-0.3, -0.25) is 4.79 Å². The molecule has 0 fully saturated rings. The van der Waals surface area contributed by atoms with Gasteiger partial charge in [-0.1, -0.05) is 0 Å². The van der Waals surface area contributed by atoms with Crippen molar-refractivity contribution >= 4 is 21.9 Å². The zero-order valence-corrected chi connectivity index (χ0v) is 9.40. The Labute approximate surface area is 95.5 Å². The Balaban J connectivity index is 3.58. The van der Waals surface area contributed by atoms with Crippen molar-refractivity contribution in [1.82, 2.24) is 4.98 Å². The van der Waals surface area contributed by atoms with E-state index in [9.17, 15) is 22.8 Å². The third-order valence-corrected chi connectivity index (χ3v) is 2.30. The summed E-state index contributed by atoms with van der Waals surface area (Å²) in [5.41, 5.74) is -3.56. The number of halogens is 4. The molecule has 1 heterocycles. The zero-order valence-electron chi connectivity index (χ0n) is 7.81. The largest absolute Gasteiger partial charge is 0.465 e. The van der Waals surface area contributed by atoms with Gasteiger partial charge < -0.3 is 9.72 Å². The lowest BCUT2D eigenvalue weighted by Gasteiger charge is -2.10. The van der Waals surface area contributed by atoms with Gasteiger partial charge in [-0.15, -0.1) is 0 Å². The second-order valence-electron chi connectivity index (χ2n) is 2.71. The highest BCUT2D eigenvalue weighted by atomic mass is 79.9. The number of alkyl halides is 3. The van der Waals surface area contributed by atoms with Gasteiger partial charge in [0.15, 0.2) is 0 Å². The van der Waals surface area contributed by atoms with E-state index in [1.54, 1.807) is 0 Å². The summed E-state index contributed by atoms with van der Waals surface area (Å²) < 4.78 is 41.3. The maximum absolute atomic E-state index is 12.5. The predicted octanol–water partition coefficient (Wildman–Crippen LogP) is 1.94. The lowest BCUT2D eigenvalue weighted by atomic mass is 10.2. The number of rotatable bonds is 1. The Kier molecular flexibility index (Phi) is 3.41. The molecule has 88 valence electrons. The summed E-state index contributed by atoms with van der Waals surface area (Å²) in [6, 6.07) is 0. The summed E-state index contributed by atoms with van der Waals surface area (Å²) in [5.74, 6) is -1.34. The van der Waals surface area contributed by atoms with Gasteiger partial charge in [0.2, 0.25) is 5.43 Å². The highest BCUT2D eigenvalue weighted by Crippen LogP contribution is 2.29. The first-order chi connectivity index (χ1) is 7.29. The van der Waals surface area contributed by atoms with Gasteiger partial charge in [-0.05, 0) is 15.9 Å². The van der Waals surface area contributed by atoms with Crippen LogP contribution >= 0.6 is 15.9 Å². The van der Waals surface area contributed by atoms with Crippen molar-refractivity contribution in [3.05, 3.63) is 32.2 Å². The predicted molar refractivity (Wildman–Crippen MR) is 51.1 cm³/mol. The normalized spacial score (nSPS) is 11.3. The van der Waals surface area contributed by atoms with E-state index in [0.29, 0.717) is 0 Å². The number of carbonyl (C=O) groups is 1. The molecule has 0 saturated heterocycles. The second kappa shape index (κ2) is 4.28. The average molecular weight is 300 g/mol. The number of pyridine rings is 1. The first kappa shape index (κ1) is 12.8. The van der Waals surface area contributed by atoms with Crippen LogP contribution in [-0.2, 0) is 10.9 Å². The number of hydrogen-bond acceptors (Lipinski definition) is 3. The van der Waals surface area contributed by atoms with Crippen LogP contribution in [0.15, 0.2) is 15.5 Å². The van der Waals surface area contributed by atoms with Crippen molar-refractivity contribution in [2.45, 2.75) is 6.18 Å². The summed E-state index contributed by atoms with van der Waals surface area (Å²) in [7, 11) is 0.892. The van der Waals surface area contributed by atoms with Gasteiger partial charge in [0, 0.05) is 6.20 Å². The molecule has 0 spiro atoms. The van der Waals surface area contributed by atoms with Crippen LogP contribution in [0.25, 0.3) is 0 Å². The molecular formula is C8H5BrF3NO3. The third-order valence-electron chi connectivity index (χ3n) is 1.71.